The van der Waals surface area contributed by atoms with Crippen LogP contribution in [0.25, 0.3) is 0 Å². The minimum absolute atomic E-state index is 0.458. The summed E-state index contributed by atoms with van der Waals surface area (Å²) in [6.45, 7) is 7.68. The van der Waals surface area contributed by atoms with Gasteiger partial charge in [0.2, 0.25) is 0 Å². The number of furan rings is 1. The van der Waals surface area contributed by atoms with Crippen molar-refractivity contribution in [2.24, 2.45) is 0 Å². The van der Waals surface area contributed by atoms with E-state index in [1.807, 2.05) is 6.92 Å². The van der Waals surface area contributed by atoms with Crippen molar-refractivity contribution in [1.29, 1.82) is 0 Å². The lowest BCUT2D eigenvalue weighted by atomic mass is 10.2. The maximum absolute atomic E-state index is 5.69. The molecule has 0 saturated heterocycles. The minimum Gasteiger partial charge on any atom is -0.465 e. The second-order valence-electron chi connectivity index (χ2n) is 4.42. The van der Waals surface area contributed by atoms with E-state index in [9.17, 15) is 0 Å². The highest BCUT2D eigenvalue weighted by atomic mass is 16.3. The molecule has 1 N–H and O–H groups in total. The van der Waals surface area contributed by atoms with Crippen LogP contribution >= 0.6 is 0 Å². The summed E-state index contributed by atoms with van der Waals surface area (Å²) in [6.07, 6.45) is 3.25. The number of hydrogen-bond acceptors (Lipinski definition) is 4. The van der Waals surface area contributed by atoms with Gasteiger partial charge in [-0.2, -0.15) is 5.10 Å². The summed E-state index contributed by atoms with van der Waals surface area (Å²) in [5.74, 6) is 1.91. The first-order valence-electron chi connectivity index (χ1n) is 5.79. The molecule has 2 aromatic heterocycles. The standard InChI is InChI=1S/C12H18N4O/c1-9(2)14-5-12-4-11(10(3)17-12)6-16-8-13-7-15-16/h4,7-9,14H,5-6H2,1-3H3. The SMILES string of the molecule is Cc1oc(CNC(C)C)cc1Cn1cncn1. The molecule has 0 aliphatic rings. The fourth-order valence-corrected chi connectivity index (χ4v) is 1.63. The Morgan fingerprint density at radius 3 is 2.94 bits per heavy atom. The van der Waals surface area contributed by atoms with Gasteiger partial charge in [-0.15, -0.1) is 0 Å². The minimum atomic E-state index is 0.458. The molecule has 5 nitrogen and oxygen atoms in total. The lowest BCUT2D eigenvalue weighted by molar-refractivity contribution is 0.445. The van der Waals surface area contributed by atoms with Crippen LogP contribution in [-0.2, 0) is 13.1 Å². The van der Waals surface area contributed by atoms with Gasteiger partial charge in [-0.05, 0) is 13.0 Å². The third-order valence-corrected chi connectivity index (χ3v) is 2.56. The van der Waals surface area contributed by atoms with Crippen molar-refractivity contribution in [3.05, 3.63) is 35.8 Å². The van der Waals surface area contributed by atoms with E-state index in [-0.39, 0.29) is 0 Å². The molecule has 0 amide bonds. The predicted octanol–water partition coefficient (Wildman–Crippen LogP) is 1.73. The van der Waals surface area contributed by atoms with Crippen LogP contribution in [0.3, 0.4) is 0 Å². The molecule has 17 heavy (non-hydrogen) atoms. The first-order chi connectivity index (χ1) is 8.15. The molecular formula is C12H18N4O. The Balaban J connectivity index is 2.03. The maximum atomic E-state index is 5.69. The van der Waals surface area contributed by atoms with Gasteiger partial charge in [-0.3, -0.25) is 0 Å². The van der Waals surface area contributed by atoms with E-state index in [0.29, 0.717) is 12.6 Å². The van der Waals surface area contributed by atoms with Crippen molar-refractivity contribution >= 4 is 0 Å². The van der Waals surface area contributed by atoms with E-state index >= 15 is 0 Å². The summed E-state index contributed by atoms with van der Waals surface area (Å²) in [5.41, 5.74) is 1.15. The van der Waals surface area contributed by atoms with Gasteiger partial charge in [0.1, 0.15) is 24.2 Å². The summed E-state index contributed by atoms with van der Waals surface area (Å²) in [5, 5.41) is 7.42. The summed E-state index contributed by atoms with van der Waals surface area (Å²) in [7, 11) is 0. The Hall–Kier alpha value is -1.62. The average Bonchev–Trinajstić information content (AvgIpc) is 2.87. The molecule has 0 aromatic carbocycles. The van der Waals surface area contributed by atoms with Crippen LogP contribution in [-0.4, -0.2) is 20.8 Å². The molecule has 2 rings (SSSR count). The van der Waals surface area contributed by atoms with Crippen molar-refractivity contribution in [3.8, 4) is 0 Å². The van der Waals surface area contributed by atoms with Crippen molar-refractivity contribution in [1.82, 2.24) is 20.1 Å². The van der Waals surface area contributed by atoms with Crippen molar-refractivity contribution in [3.63, 3.8) is 0 Å². The fraction of sp³-hybridized carbons (Fsp3) is 0.500. The van der Waals surface area contributed by atoms with Crippen LogP contribution < -0.4 is 5.32 Å². The maximum Gasteiger partial charge on any atom is 0.137 e. The van der Waals surface area contributed by atoms with Gasteiger partial charge >= 0.3 is 0 Å². The number of rotatable bonds is 5. The van der Waals surface area contributed by atoms with Gasteiger partial charge in [-0.1, -0.05) is 13.8 Å². The molecule has 0 aliphatic heterocycles. The number of nitrogens with one attached hydrogen (secondary N) is 1. The van der Waals surface area contributed by atoms with Crippen LogP contribution in [0, 0.1) is 6.92 Å². The third-order valence-electron chi connectivity index (χ3n) is 2.56. The number of aryl methyl sites for hydroxylation is 1. The topological polar surface area (TPSA) is 55.9 Å². The van der Waals surface area contributed by atoms with Gasteiger partial charge in [0, 0.05) is 11.6 Å². The fourth-order valence-electron chi connectivity index (χ4n) is 1.63. The molecule has 0 fully saturated rings. The number of nitrogens with zero attached hydrogens (tertiary/aromatic N) is 3. The molecule has 2 heterocycles. The van der Waals surface area contributed by atoms with Gasteiger partial charge < -0.3 is 9.73 Å². The van der Waals surface area contributed by atoms with Crippen LogP contribution in [0.4, 0.5) is 0 Å². The van der Waals surface area contributed by atoms with Crippen LogP contribution in [0.1, 0.15) is 30.9 Å². The van der Waals surface area contributed by atoms with Gasteiger partial charge in [0.15, 0.2) is 0 Å². The second-order valence-corrected chi connectivity index (χ2v) is 4.42. The number of hydrogen-bond donors (Lipinski definition) is 1. The highest BCUT2D eigenvalue weighted by Crippen LogP contribution is 2.15. The van der Waals surface area contributed by atoms with E-state index in [4.69, 9.17) is 4.42 Å². The zero-order valence-electron chi connectivity index (χ0n) is 10.5. The summed E-state index contributed by atoms with van der Waals surface area (Å²) < 4.78 is 7.48. The first kappa shape index (κ1) is 11.9. The molecule has 0 spiro atoms. The van der Waals surface area contributed by atoms with Crippen molar-refractivity contribution in [2.45, 2.75) is 39.9 Å². The molecule has 0 bridgehead atoms. The van der Waals surface area contributed by atoms with E-state index in [1.165, 1.54) is 6.33 Å². The van der Waals surface area contributed by atoms with Gasteiger partial charge in [0.25, 0.3) is 0 Å². The Morgan fingerprint density at radius 1 is 1.47 bits per heavy atom. The highest BCUT2D eigenvalue weighted by Gasteiger charge is 2.08. The predicted molar refractivity (Wildman–Crippen MR) is 64.5 cm³/mol. The monoisotopic (exact) mass is 234 g/mol. The van der Waals surface area contributed by atoms with Gasteiger partial charge in [-0.25, -0.2) is 9.67 Å². The number of aromatic nitrogens is 3. The van der Waals surface area contributed by atoms with Crippen molar-refractivity contribution < 1.29 is 4.42 Å². The quantitative estimate of drug-likeness (QED) is 0.856. The molecule has 92 valence electrons. The van der Waals surface area contributed by atoms with Crippen LogP contribution in [0.5, 0.6) is 0 Å². The Kier molecular flexibility index (Phi) is 3.58. The molecule has 0 unspecified atom stereocenters. The molecule has 5 heteroatoms. The molecule has 0 aliphatic carbocycles. The van der Waals surface area contributed by atoms with Crippen LogP contribution in [0.2, 0.25) is 0 Å². The van der Waals surface area contributed by atoms with E-state index < -0.39 is 0 Å². The van der Waals surface area contributed by atoms with E-state index in [0.717, 1.165) is 23.6 Å². The van der Waals surface area contributed by atoms with Crippen LogP contribution in [0.15, 0.2) is 23.1 Å². The average molecular weight is 234 g/mol. The van der Waals surface area contributed by atoms with Gasteiger partial charge in [0.05, 0.1) is 13.1 Å². The van der Waals surface area contributed by atoms with E-state index in [2.05, 4.69) is 35.3 Å². The Morgan fingerprint density at radius 2 is 2.29 bits per heavy atom. The van der Waals surface area contributed by atoms with Crippen molar-refractivity contribution in [2.75, 3.05) is 0 Å². The smallest absolute Gasteiger partial charge is 0.137 e. The first-order valence-corrected chi connectivity index (χ1v) is 5.79. The zero-order chi connectivity index (χ0) is 12.3. The molecule has 0 radical (unpaired) electrons. The van der Waals surface area contributed by atoms with E-state index in [1.54, 1.807) is 11.0 Å². The largest absolute Gasteiger partial charge is 0.465 e. The Labute approximate surface area is 101 Å². The molecule has 0 atom stereocenters. The highest BCUT2D eigenvalue weighted by molar-refractivity contribution is 5.20. The second kappa shape index (κ2) is 5.14. The third kappa shape index (κ3) is 3.17. The lowest BCUT2D eigenvalue weighted by Crippen LogP contribution is -2.21. The summed E-state index contributed by atoms with van der Waals surface area (Å²) in [6, 6.07) is 2.53. The molecule has 0 saturated carbocycles. The molecule has 2 aromatic rings. The Bertz CT molecular complexity index is 459. The summed E-state index contributed by atoms with van der Waals surface area (Å²) in [4.78, 5) is 3.92. The zero-order valence-corrected chi connectivity index (χ0v) is 10.5. The summed E-state index contributed by atoms with van der Waals surface area (Å²) >= 11 is 0. The lowest BCUT2D eigenvalue weighted by Gasteiger charge is -2.04. The molecular weight excluding hydrogens is 216 g/mol. The normalized spacial score (nSPS) is 11.3.